The van der Waals surface area contributed by atoms with Crippen molar-refractivity contribution in [2.75, 3.05) is 12.8 Å². The van der Waals surface area contributed by atoms with Crippen molar-refractivity contribution in [3.8, 4) is 0 Å². The van der Waals surface area contributed by atoms with Crippen LogP contribution in [-0.4, -0.2) is 24.5 Å². The molecule has 0 spiro atoms. The highest BCUT2D eigenvalue weighted by Gasteiger charge is 2.10. The monoisotopic (exact) mass is 312 g/mol. The molecule has 0 atom stereocenters. The number of aliphatic hydroxyl groups is 1. The second kappa shape index (κ2) is 8.27. The smallest absolute Gasteiger partial charge is 0.0499 e. The number of aliphatic imine (C=N–C) groups is 1. The van der Waals surface area contributed by atoms with E-state index >= 15 is 0 Å². The number of nitrogen functional groups attached to an aromatic ring is 1. The molecule has 0 radical (unpaired) electrons. The number of aliphatic hydroxyl groups excluding tert-OH is 1. The minimum Gasteiger partial charge on any atom is -0.400 e. The second-order valence-electron chi connectivity index (χ2n) is 4.34. The molecule has 3 N–H and O–H groups in total. The van der Waals surface area contributed by atoms with Gasteiger partial charge in [-0.25, -0.2) is 0 Å². The molecule has 1 aromatic rings. The molecule has 0 aliphatic heterocycles. The predicted molar refractivity (Wildman–Crippen MR) is 81.2 cm³/mol. The van der Waals surface area contributed by atoms with Crippen molar-refractivity contribution in [3.05, 3.63) is 28.2 Å². The van der Waals surface area contributed by atoms with Crippen molar-refractivity contribution in [1.29, 1.82) is 0 Å². The van der Waals surface area contributed by atoms with Gasteiger partial charge in [0.15, 0.2) is 0 Å². The third-order valence-electron chi connectivity index (χ3n) is 3.05. The lowest BCUT2D eigenvalue weighted by molar-refractivity contribution is 0.399. The van der Waals surface area contributed by atoms with Gasteiger partial charge in [0.05, 0.1) is 0 Å². The molecular formula is C14H21BrN2O. The topological polar surface area (TPSA) is 58.6 Å². The third kappa shape index (κ3) is 4.78. The van der Waals surface area contributed by atoms with Crippen LogP contribution in [0.5, 0.6) is 0 Å². The highest BCUT2D eigenvalue weighted by Crippen LogP contribution is 2.21. The molecule has 0 unspecified atom stereocenters. The van der Waals surface area contributed by atoms with Crippen LogP contribution >= 0.6 is 15.9 Å². The van der Waals surface area contributed by atoms with Gasteiger partial charge < -0.3 is 10.8 Å². The van der Waals surface area contributed by atoms with Gasteiger partial charge in [-0.15, -0.1) is 0 Å². The molecule has 2 rings (SSSR count). The van der Waals surface area contributed by atoms with E-state index in [1.54, 1.807) is 0 Å². The Labute approximate surface area is 117 Å². The Balaban J connectivity index is 0.000000771. The highest BCUT2D eigenvalue weighted by molar-refractivity contribution is 9.10. The van der Waals surface area contributed by atoms with Crippen molar-refractivity contribution in [2.45, 2.75) is 38.1 Å². The second-order valence-corrected chi connectivity index (χ2v) is 5.26. The molecule has 0 heterocycles. The lowest BCUT2D eigenvalue weighted by atomic mass is 9.96. The molecule has 1 saturated carbocycles. The van der Waals surface area contributed by atoms with Crippen LogP contribution in [0.15, 0.2) is 27.7 Å². The van der Waals surface area contributed by atoms with Crippen LogP contribution in [0.1, 0.15) is 37.7 Å². The summed E-state index contributed by atoms with van der Waals surface area (Å²) in [7, 11) is 1.00. The Morgan fingerprint density at radius 3 is 2.61 bits per heavy atom. The minimum atomic E-state index is 0.507. The van der Waals surface area contributed by atoms with E-state index in [0.29, 0.717) is 6.04 Å². The van der Waals surface area contributed by atoms with Gasteiger partial charge in [0, 0.05) is 35.1 Å². The largest absolute Gasteiger partial charge is 0.400 e. The first-order valence-electron chi connectivity index (χ1n) is 6.28. The van der Waals surface area contributed by atoms with Gasteiger partial charge in [-0.05, 0) is 31.0 Å². The maximum absolute atomic E-state index is 7.00. The molecule has 100 valence electrons. The molecule has 1 aromatic carbocycles. The zero-order valence-corrected chi connectivity index (χ0v) is 12.4. The van der Waals surface area contributed by atoms with Crippen LogP contribution in [0, 0.1) is 0 Å². The van der Waals surface area contributed by atoms with E-state index in [1.165, 1.54) is 32.1 Å². The van der Waals surface area contributed by atoms with E-state index in [4.69, 9.17) is 10.8 Å². The van der Waals surface area contributed by atoms with Crippen molar-refractivity contribution in [2.24, 2.45) is 4.99 Å². The molecule has 0 amide bonds. The summed E-state index contributed by atoms with van der Waals surface area (Å²) in [5.74, 6) is 0. The lowest BCUT2D eigenvalue weighted by Crippen LogP contribution is -2.09. The summed E-state index contributed by atoms with van der Waals surface area (Å²) in [6.07, 6.45) is 8.38. The minimum absolute atomic E-state index is 0.507. The van der Waals surface area contributed by atoms with Crippen molar-refractivity contribution in [3.63, 3.8) is 0 Å². The number of nitrogens with zero attached hydrogens (tertiary/aromatic N) is 1. The zero-order valence-electron chi connectivity index (χ0n) is 10.8. The quantitative estimate of drug-likeness (QED) is 0.649. The number of hydrogen-bond donors (Lipinski definition) is 2. The number of anilines is 1. The van der Waals surface area contributed by atoms with Crippen LogP contribution in [0.4, 0.5) is 5.69 Å². The molecule has 0 bridgehead atoms. The Hall–Kier alpha value is -0.870. The Morgan fingerprint density at radius 1 is 1.28 bits per heavy atom. The summed E-state index contributed by atoms with van der Waals surface area (Å²) in [4.78, 5) is 4.63. The van der Waals surface area contributed by atoms with Gasteiger partial charge in [-0.3, -0.25) is 4.99 Å². The molecular weight excluding hydrogens is 292 g/mol. The lowest BCUT2D eigenvalue weighted by Gasteiger charge is -2.17. The summed E-state index contributed by atoms with van der Waals surface area (Å²) in [5.41, 5.74) is 7.70. The number of halogens is 1. The van der Waals surface area contributed by atoms with Crippen molar-refractivity contribution < 1.29 is 5.11 Å². The summed E-state index contributed by atoms with van der Waals surface area (Å²) in [6.45, 7) is 0. The molecule has 0 saturated heterocycles. The number of rotatable bonds is 2. The SMILES string of the molecule is CO.Nc1ccc(Br)cc1C=NC1CCCCC1. The van der Waals surface area contributed by atoms with Gasteiger partial charge in [0.1, 0.15) is 0 Å². The molecule has 0 aromatic heterocycles. The van der Waals surface area contributed by atoms with E-state index in [-0.39, 0.29) is 0 Å². The van der Waals surface area contributed by atoms with Crippen LogP contribution < -0.4 is 5.73 Å². The average molecular weight is 313 g/mol. The third-order valence-corrected chi connectivity index (χ3v) is 3.54. The highest BCUT2D eigenvalue weighted by atomic mass is 79.9. The molecule has 3 nitrogen and oxygen atoms in total. The van der Waals surface area contributed by atoms with Crippen molar-refractivity contribution >= 4 is 27.8 Å². The maximum Gasteiger partial charge on any atom is 0.0499 e. The van der Waals surface area contributed by atoms with Gasteiger partial charge in [0.25, 0.3) is 0 Å². The summed E-state index contributed by atoms with van der Waals surface area (Å²) < 4.78 is 1.05. The Bertz CT molecular complexity index is 387. The van der Waals surface area contributed by atoms with Crippen molar-refractivity contribution in [1.82, 2.24) is 0 Å². The van der Waals surface area contributed by atoms with Crippen LogP contribution in [0.2, 0.25) is 0 Å². The van der Waals surface area contributed by atoms with E-state index in [2.05, 4.69) is 20.9 Å². The first-order valence-corrected chi connectivity index (χ1v) is 7.08. The van der Waals surface area contributed by atoms with Gasteiger partial charge in [-0.2, -0.15) is 0 Å². The van der Waals surface area contributed by atoms with E-state index in [9.17, 15) is 0 Å². The molecule has 4 heteroatoms. The molecule has 18 heavy (non-hydrogen) atoms. The van der Waals surface area contributed by atoms with E-state index in [1.807, 2.05) is 24.4 Å². The number of hydrogen-bond acceptors (Lipinski definition) is 3. The van der Waals surface area contributed by atoms with Crippen LogP contribution in [0.25, 0.3) is 0 Å². The fraction of sp³-hybridized carbons (Fsp3) is 0.500. The van der Waals surface area contributed by atoms with Gasteiger partial charge >= 0.3 is 0 Å². The Kier molecular flexibility index (Phi) is 6.98. The molecule has 1 aliphatic rings. The predicted octanol–water partition coefficient (Wildman–Crippen LogP) is 3.39. The Morgan fingerprint density at radius 2 is 1.94 bits per heavy atom. The fourth-order valence-corrected chi connectivity index (χ4v) is 2.45. The standard InChI is InChI=1S/C13H17BrN2.CH4O/c14-11-6-7-13(15)10(8-11)9-16-12-4-2-1-3-5-12;1-2/h6-9,12H,1-5,15H2;2H,1H3. The van der Waals surface area contributed by atoms with E-state index < -0.39 is 0 Å². The van der Waals surface area contributed by atoms with E-state index in [0.717, 1.165) is 22.8 Å². The molecule has 1 aliphatic carbocycles. The number of nitrogens with two attached hydrogens (primary N) is 1. The summed E-state index contributed by atoms with van der Waals surface area (Å²) in [5, 5.41) is 7.00. The summed E-state index contributed by atoms with van der Waals surface area (Å²) >= 11 is 3.45. The number of benzene rings is 1. The average Bonchev–Trinajstić information content (AvgIpc) is 2.43. The van der Waals surface area contributed by atoms with Gasteiger partial charge in [-0.1, -0.05) is 35.2 Å². The van der Waals surface area contributed by atoms with Gasteiger partial charge in [0.2, 0.25) is 0 Å². The van der Waals surface area contributed by atoms with Crippen LogP contribution in [-0.2, 0) is 0 Å². The summed E-state index contributed by atoms with van der Waals surface area (Å²) in [6, 6.07) is 6.38. The zero-order chi connectivity index (χ0) is 13.4. The molecule has 1 fully saturated rings. The first kappa shape index (κ1) is 15.2. The van der Waals surface area contributed by atoms with Crippen LogP contribution in [0.3, 0.4) is 0 Å². The first-order chi connectivity index (χ1) is 8.75. The normalized spacial score (nSPS) is 16.4. The fourth-order valence-electron chi connectivity index (χ4n) is 2.07. The maximum atomic E-state index is 7.00.